The van der Waals surface area contributed by atoms with E-state index in [0.717, 1.165) is 11.6 Å². The topological polar surface area (TPSA) is 167 Å². The molecule has 0 aliphatic carbocycles. The van der Waals surface area contributed by atoms with Crippen molar-refractivity contribution in [3.63, 3.8) is 0 Å². The second kappa shape index (κ2) is 13.9. The number of rotatable bonds is 12. The fourth-order valence-corrected chi connectivity index (χ4v) is 3.60. The summed E-state index contributed by atoms with van der Waals surface area (Å²) >= 11 is 0. The van der Waals surface area contributed by atoms with E-state index in [9.17, 15) is 29.8 Å². The third-order valence-corrected chi connectivity index (χ3v) is 5.47. The highest BCUT2D eigenvalue weighted by Gasteiger charge is 2.15. The second-order valence-electron chi connectivity index (χ2n) is 8.67. The monoisotopic (exact) mass is 542 g/mol. The van der Waals surface area contributed by atoms with Gasteiger partial charge in [0, 0.05) is 37.8 Å². The molecule has 204 valence electrons. The van der Waals surface area contributed by atoms with Crippen LogP contribution >= 0.6 is 0 Å². The number of carbonyl (C=O) groups is 3. The molecular formula is C28H26N6O6. The van der Waals surface area contributed by atoms with Gasteiger partial charge in [-0.2, -0.15) is 5.26 Å². The molecule has 0 atom stereocenters. The van der Waals surface area contributed by atoms with Crippen molar-refractivity contribution in [2.24, 2.45) is 10.2 Å². The van der Waals surface area contributed by atoms with Crippen molar-refractivity contribution in [1.29, 1.82) is 5.26 Å². The van der Waals surface area contributed by atoms with Crippen LogP contribution in [-0.2, 0) is 25.7 Å². The van der Waals surface area contributed by atoms with Crippen molar-refractivity contribution in [2.75, 3.05) is 23.4 Å². The standard InChI is InChI=1S/C28H26N6O6/c1-19(35)18-40-28(37)12-13-33(17-21-6-4-3-5-7-21)23-8-11-26(27(15-23)30-20(2)36)32-31-25-10-9-24(34(38)39)14-22(25)16-29/h3-11,14-15H,12-13,17-18H2,1-2H3,(H,30,36). The molecule has 3 aromatic carbocycles. The van der Waals surface area contributed by atoms with Gasteiger partial charge in [0.2, 0.25) is 5.91 Å². The molecule has 40 heavy (non-hydrogen) atoms. The number of ether oxygens (including phenoxy) is 1. The Labute approximate surface area is 230 Å². The average Bonchev–Trinajstić information content (AvgIpc) is 2.93. The summed E-state index contributed by atoms with van der Waals surface area (Å²) in [6.07, 6.45) is 0.0219. The number of benzene rings is 3. The third-order valence-electron chi connectivity index (χ3n) is 5.47. The Morgan fingerprint density at radius 2 is 1.73 bits per heavy atom. The summed E-state index contributed by atoms with van der Waals surface area (Å²) in [6.45, 7) is 3.09. The Kier molecular flexibility index (Phi) is 10.1. The first-order valence-electron chi connectivity index (χ1n) is 12.1. The van der Waals surface area contributed by atoms with Crippen LogP contribution in [0.5, 0.6) is 0 Å². The van der Waals surface area contributed by atoms with Crippen molar-refractivity contribution >= 4 is 46.1 Å². The average molecular weight is 543 g/mol. The number of hydrogen-bond donors (Lipinski definition) is 1. The molecule has 3 rings (SSSR count). The van der Waals surface area contributed by atoms with Crippen molar-refractivity contribution in [3.8, 4) is 6.07 Å². The second-order valence-corrected chi connectivity index (χ2v) is 8.67. The van der Waals surface area contributed by atoms with E-state index in [1.807, 2.05) is 41.3 Å². The molecule has 0 saturated carbocycles. The minimum Gasteiger partial charge on any atom is -0.458 e. The van der Waals surface area contributed by atoms with Crippen molar-refractivity contribution in [3.05, 3.63) is 88.0 Å². The van der Waals surface area contributed by atoms with Crippen LogP contribution in [-0.4, -0.2) is 35.7 Å². The van der Waals surface area contributed by atoms with Gasteiger partial charge in [0.25, 0.3) is 5.69 Å². The Morgan fingerprint density at radius 3 is 2.38 bits per heavy atom. The highest BCUT2D eigenvalue weighted by Crippen LogP contribution is 2.33. The Morgan fingerprint density at radius 1 is 1.02 bits per heavy atom. The fraction of sp³-hybridized carbons (Fsp3) is 0.214. The lowest BCUT2D eigenvalue weighted by atomic mass is 10.1. The number of amides is 1. The highest BCUT2D eigenvalue weighted by molar-refractivity contribution is 5.93. The van der Waals surface area contributed by atoms with E-state index in [2.05, 4.69) is 15.5 Å². The summed E-state index contributed by atoms with van der Waals surface area (Å²) in [5.41, 5.74) is 2.10. The van der Waals surface area contributed by atoms with E-state index in [-0.39, 0.29) is 53.9 Å². The van der Waals surface area contributed by atoms with Gasteiger partial charge in [-0.3, -0.25) is 24.5 Å². The van der Waals surface area contributed by atoms with Gasteiger partial charge in [0.05, 0.1) is 22.6 Å². The summed E-state index contributed by atoms with van der Waals surface area (Å²) in [4.78, 5) is 47.6. The minimum absolute atomic E-state index is 0.0219. The Hall–Kier alpha value is -5.44. The first kappa shape index (κ1) is 29.1. The molecule has 0 aliphatic heterocycles. The Bertz CT molecular complexity index is 1480. The predicted octanol–water partition coefficient (Wildman–Crippen LogP) is 5.37. The van der Waals surface area contributed by atoms with Gasteiger partial charge in [-0.25, -0.2) is 0 Å². The molecule has 0 unspecified atom stereocenters. The number of azo groups is 1. The molecule has 12 nitrogen and oxygen atoms in total. The number of anilines is 2. The van der Waals surface area contributed by atoms with E-state index < -0.39 is 10.9 Å². The lowest BCUT2D eigenvalue weighted by Gasteiger charge is -2.25. The van der Waals surface area contributed by atoms with Gasteiger partial charge >= 0.3 is 5.97 Å². The van der Waals surface area contributed by atoms with Gasteiger partial charge in [-0.05, 0) is 36.8 Å². The number of ketones is 1. The predicted molar refractivity (Wildman–Crippen MR) is 146 cm³/mol. The van der Waals surface area contributed by atoms with Crippen molar-refractivity contribution < 1.29 is 24.0 Å². The van der Waals surface area contributed by atoms with E-state index >= 15 is 0 Å². The molecule has 0 spiro atoms. The van der Waals surface area contributed by atoms with Crippen molar-refractivity contribution in [1.82, 2.24) is 0 Å². The zero-order valence-electron chi connectivity index (χ0n) is 21.9. The lowest BCUT2D eigenvalue weighted by Crippen LogP contribution is -2.27. The van der Waals surface area contributed by atoms with E-state index in [0.29, 0.717) is 17.9 Å². The van der Waals surface area contributed by atoms with Crippen molar-refractivity contribution in [2.45, 2.75) is 26.8 Å². The third kappa shape index (κ3) is 8.56. The van der Waals surface area contributed by atoms with Crippen LogP contribution in [0.4, 0.5) is 28.4 Å². The first-order valence-corrected chi connectivity index (χ1v) is 12.1. The molecule has 0 fully saturated rings. The van der Waals surface area contributed by atoms with Gasteiger partial charge in [-0.15, -0.1) is 10.2 Å². The molecule has 0 aliphatic rings. The normalized spacial score (nSPS) is 10.5. The molecule has 3 aromatic rings. The maximum absolute atomic E-state index is 12.2. The molecule has 0 radical (unpaired) electrons. The SMILES string of the molecule is CC(=O)COC(=O)CCN(Cc1ccccc1)c1ccc(N=Nc2ccc([N+](=O)[O-])cc2C#N)c(NC(C)=O)c1. The van der Waals surface area contributed by atoms with Gasteiger partial charge in [0.1, 0.15) is 24.1 Å². The summed E-state index contributed by atoms with van der Waals surface area (Å²) in [7, 11) is 0. The highest BCUT2D eigenvalue weighted by atomic mass is 16.6. The lowest BCUT2D eigenvalue weighted by molar-refractivity contribution is -0.384. The first-order chi connectivity index (χ1) is 19.2. The van der Waals surface area contributed by atoms with Crippen LogP contribution in [0, 0.1) is 21.4 Å². The van der Waals surface area contributed by atoms with E-state index in [1.165, 1.54) is 26.0 Å². The summed E-state index contributed by atoms with van der Waals surface area (Å²) in [5.74, 6) is -1.13. The summed E-state index contributed by atoms with van der Waals surface area (Å²) < 4.78 is 4.99. The molecular weight excluding hydrogens is 516 g/mol. The van der Waals surface area contributed by atoms with Gasteiger partial charge < -0.3 is 15.0 Å². The molecule has 0 aromatic heterocycles. The number of nitro benzene ring substituents is 1. The maximum Gasteiger partial charge on any atom is 0.308 e. The molecule has 12 heteroatoms. The van der Waals surface area contributed by atoms with Crippen LogP contribution in [0.25, 0.3) is 0 Å². The number of Topliss-reactive ketones (excluding diaryl/α,β-unsaturated/α-hetero) is 1. The van der Waals surface area contributed by atoms with Crippen LogP contribution in [0.15, 0.2) is 77.0 Å². The number of nitro groups is 1. The summed E-state index contributed by atoms with van der Waals surface area (Å²) in [5, 5.41) is 31.4. The molecule has 0 bridgehead atoms. The molecule has 0 heterocycles. The van der Waals surface area contributed by atoms with Gasteiger partial charge in [-0.1, -0.05) is 30.3 Å². The number of hydrogen-bond acceptors (Lipinski definition) is 10. The van der Waals surface area contributed by atoms with Crippen LogP contribution in [0.3, 0.4) is 0 Å². The van der Waals surface area contributed by atoms with Gasteiger partial charge in [0.15, 0.2) is 5.78 Å². The van der Waals surface area contributed by atoms with E-state index in [1.54, 1.807) is 18.2 Å². The van der Waals surface area contributed by atoms with Crippen LogP contribution in [0.2, 0.25) is 0 Å². The van der Waals surface area contributed by atoms with Crippen LogP contribution < -0.4 is 10.2 Å². The molecule has 0 saturated heterocycles. The number of nitrogens with zero attached hydrogens (tertiary/aromatic N) is 5. The molecule has 1 N–H and O–H groups in total. The zero-order chi connectivity index (χ0) is 29.1. The zero-order valence-corrected chi connectivity index (χ0v) is 21.9. The van der Waals surface area contributed by atoms with E-state index in [4.69, 9.17) is 4.74 Å². The number of nitriles is 1. The number of nitrogens with one attached hydrogen (secondary N) is 1. The number of carbonyl (C=O) groups excluding carboxylic acids is 3. The number of non-ortho nitro benzene ring substituents is 1. The fourth-order valence-electron chi connectivity index (χ4n) is 3.60. The largest absolute Gasteiger partial charge is 0.458 e. The molecule has 1 amide bonds. The summed E-state index contributed by atoms with van der Waals surface area (Å²) in [6, 6.07) is 20.1. The Balaban J connectivity index is 1.93. The number of esters is 1. The quantitative estimate of drug-likeness (QED) is 0.138. The smallest absolute Gasteiger partial charge is 0.308 e. The van der Waals surface area contributed by atoms with Crippen LogP contribution in [0.1, 0.15) is 31.4 Å². The maximum atomic E-state index is 12.2. The minimum atomic E-state index is -0.612.